The van der Waals surface area contributed by atoms with Gasteiger partial charge in [0.15, 0.2) is 5.76 Å². The second-order valence-corrected chi connectivity index (χ2v) is 6.55. The summed E-state index contributed by atoms with van der Waals surface area (Å²) in [5.74, 6) is 0.147. The maximum absolute atomic E-state index is 13.3. The molecule has 0 saturated heterocycles. The fourth-order valence-corrected chi connectivity index (χ4v) is 3.56. The van der Waals surface area contributed by atoms with Crippen LogP contribution in [0.5, 0.6) is 0 Å². The van der Waals surface area contributed by atoms with E-state index in [1.54, 1.807) is 30.7 Å². The van der Waals surface area contributed by atoms with Crippen LogP contribution in [0, 0.1) is 5.82 Å². The lowest BCUT2D eigenvalue weighted by Gasteiger charge is -2.07. The number of pyridine rings is 1. The van der Waals surface area contributed by atoms with E-state index < -0.39 is 0 Å². The second kappa shape index (κ2) is 6.49. The van der Waals surface area contributed by atoms with E-state index in [2.05, 4.69) is 10.3 Å². The van der Waals surface area contributed by atoms with Crippen LogP contribution in [0.15, 0.2) is 65.4 Å². The lowest BCUT2D eigenvalue weighted by Crippen LogP contribution is -2.22. The number of furan rings is 1. The minimum absolute atomic E-state index is 0.198. The molecule has 0 unspecified atom stereocenters. The zero-order valence-corrected chi connectivity index (χ0v) is 13.8. The molecule has 1 amide bonds. The molecule has 0 aliphatic rings. The molecule has 0 bridgehead atoms. The molecule has 6 heteroatoms. The summed E-state index contributed by atoms with van der Waals surface area (Å²) in [5.41, 5.74) is 1.56. The van der Waals surface area contributed by atoms with Gasteiger partial charge in [0.25, 0.3) is 5.91 Å². The van der Waals surface area contributed by atoms with Gasteiger partial charge in [-0.2, -0.15) is 0 Å². The third-order valence-electron chi connectivity index (χ3n) is 3.79. The first kappa shape index (κ1) is 15.5. The molecule has 4 rings (SSSR count). The van der Waals surface area contributed by atoms with Crippen molar-refractivity contribution in [3.63, 3.8) is 0 Å². The fraction of sp³-hybridized carbons (Fsp3) is 0.0526. The van der Waals surface area contributed by atoms with Crippen LogP contribution in [0.2, 0.25) is 0 Å². The molecule has 0 radical (unpaired) electrons. The molecule has 0 aliphatic carbocycles. The molecule has 4 aromatic rings. The molecular formula is C19H13FN2O2S. The Morgan fingerprint density at radius 1 is 1.20 bits per heavy atom. The van der Waals surface area contributed by atoms with Crippen LogP contribution < -0.4 is 5.32 Å². The summed E-state index contributed by atoms with van der Waals surface area (Å²) in [5, 5.41) is 3.62. The van der Waals surface area contributed by atoms with Crippen molar-refractivity contribution >= 4 is 27.3 Å². The van der Waals surface area contributed by atoms with E-state index in [1.165, 1.54) is 23.5 Å². The highest BCUT2D eigenvalue weighted by molar-refractivity contribution is 7.20. The smallest absolute Gasteiger partial charge is 0.261 e. The molecule has 124 valence electrons. The van der Waals surface area contributed by atoms with Gasteiger partial charge in [0.2, 0.25) is 0 Å². The summed E-state index contributed by atoms with van der Waals surface area (Å²) in [4.78, 5) is 17.3. The van der Waals surface area contributed by atoms with E-state index in [0.717, 1.165) is 15.6 Å². The van der Waals surface area contributed by atoms with Gasteiger partial charge in [-0.15, -0.1) is 11.3 Å². The van der Waals surface area contributed by atoms with Crippen molar-refractivity contribution in [1.82, 2.24) is 10.3 Å². The molecular weight excluding hydrogens is 339 g/mol. The van der Waals surface area contributed by atoms with Gasteiger partial charge in [0.1, 0.15) is 11.5 Å². The predicted molar refractivity (Wildman–Crippen MR) is 94.9 cm³/mol. The Bertz CT molecular complexity index is 1040. The van der Waals surface area contributed by atoms with Crippen LogP contribution in [-0.2, 0) is 6.54 Å². The number of halogens is 1. The number of rotatable bonds is 4. The number of benzene rings is 1. The van der Waals surface area contributed by atoms with Crippen molar-refractivity contribution < 1.29 is 13.6 Å². The maximum Gasteiger partial charge on any atom is 0.261 e. The number of hydrogen-bond acceptors (Lipinski definition) is 4. The van der Waals surface area contributed by atoms with Crippen LogP contribution in [0.1, 0.15) is 15.2 Å². The number of nitrogens with one attached hydrogen (secondary N) is 1. The van der Waals surface area contributed by atoms with Gasteiger partial charge in [-0.3, -0.25) is 9.78 Å². The zero-order chi connectivity index (χ0) is 17.2. The Labute approximate surface area is 146 Å². The van der Waals surface area contributed by atoms with E-state index >= 15 is 0 Å². The standard InChI is InChI=1S/C19H13FN2O2S/c20-14-5-6-16-13(9-14)10-17(25-16)19(23)22-11-12-3-1-7-21-18(12)15-4-2-8-24-15/h1-10H,11H2,(H,22,23). The fourth-order valence-electron chi connectivity index (χ4n) is 2.61. The number of aromatic nitrogens is 1. The third kappa shape index (κ3) is 3.16. The molecule has 25 heavy (non-hydrogen) atoms. The second-order valence-electron chi connectivity index (χ2n) is 5.46. The monoisotopic (exact) mass is 352 g/mol. The lowest BCUT2D eigenvalue weighted by molar-refractivity contribution is 0.0955. The first-order chi connectivity index (χ1) is 12.2. The Morgan fingerprint density at radius 3 is 2.96 bits per heavy atom. The van der Waals surface area contributed by atoms with Crippen molar-refractivity contribution in [2.24, 2.45) is 0 Å². The van der Waals surface area contributed by atoms with Crippen LogP contribution in [0.25, 0.3) is 21.5 Å². The van der Waals surface area contributed by atoms with Crippen molar-refractivity contribution in [1.29, 1.82) is 0 Å². The normalized spacial score (nSPS) is 10.9. The highest BCUT2D eigenvalue weighted by atomic mass is 32.1. The Kier molecular flexibility index (Phi) is 4.03. The van der Waals surface area contributed by atoms with Gasteiger partial charge in [-0.05, 0) is 47.9 Å². The van der Waals surface area contributed by atoms with E-state index in [9.17, 15) is 9.18 Å². The van der Waals surface area contributed by atoms with Crippen molar-refractivity contribution in [3.05, 3.63) is 77.2 Å². The van der Waals surface area contributed by atoms with Crippen LogP contribution in [0.4, 0.5) is 4.39 Å². The van der Waals surface area contributed by atoms with Gasteiger partial charge >= 0.3 is 0 Å². The minimum Gasteiger partial charge on any atom is -0.463 e. The van der Waals surface area contributed by atoms with Gasteiger partial charge in [0.05, 0.1) is 11.1 Å². The molecule has 0 atom stereocenters. The molecule has 0 fully saturated rings. The maximum atomic E-state index is 13.3. The minimum atomic E-state index is -0.310. The largest absolute Gasteiger partial charge is 0.463 e. The quantitative estimate of drug-likeness (QED) is 0.583. The van der Waals surface area contributed by atoms with Gasteiger partial charge < -0.3 is 9.73 Å². The molecule has 3 heterocycles. The topological polar surface area (TPSA) is 55.1 Å². The lowest BCUT2D eigenvalue weighted by atomic mass is 10.1. The molecule has 1 N–H and O–H groups in total. The molecule has 3 aromatic heterocycles. The summed E-state index contributed by atoms with van der Waals surface area (Å²) in [6, 6.07) is 13.5. The van der Waals surface area contributed by atoms with Gasteiger partial charge in [-0.1, -0.05) is 6.07 Å². The number of thiophene rings is 1. The van der Waals surface area contributed by atoms with Crippen LogP contribution in [-0.4, -0.2) is 10.9 Å². The Balaban J connectivity index is 1.54. The number of nitrogens with zero attached hydrogens (tertiary/aromatic N) is 1. The number of carbonyl (C=O) groups excluding carboxylic acids is 1. The predicted octanol–water partition coefficient (Wildman–Crippen LogP) is 4.63. The SMILES string of the molecule is O=C(NCc1cccnc1-c1ccco1)c1cc2cc(F)ccc2s1. The van der Waals surface area contributed by atoms with Gasteiger partial charge in [0, 0.05) is 23.0 Å². The summed E-state index contributed by atoms with van der Waals surface area (Å²) in [7, 11) is 0. The van der Waals surface area contributed by atoms with Gasteiger partial charge in [-0.25, -0.2) is 4.39 Å². The average molecular weight is 352 g/mol. The average Bonchev–Trinajstić information content (AvgIpc) is 3.29. The third-order valence-corrected chi connectivity index (χ3v) is 4.90. The molecule has 0 aliphatic heterocycles. The molecule has 0 saturated carbocycles. The Hall–Kier alpha value is -2.99. The highest BCUT2D eigenvalue weighted by Crippen LogP contribution is 2.26. The zero-order valence-electron chi connectivity index (χ0n) is 13.0. The van der Waals surface area contributed by atoms with E-state index in [1.807, 2.05) is 18.2 Å². The summed E-state index contributed by atoms with van der Waals surface area (Å²) < 4.78 is 19.6. The summed E-state index contributed by atoms with van der Waals surface area (Å²) in [6.07, 6.45) is 3.27. The van der Waals surface area contributed by atoms with Crippen LogP contribution >= 0.6 is 11.3 Å². The van der Waals surface area contributed by atoms with Crippen molar-refractivity contribution in [2.45, 2.75) is 6.54 Å². The summed E-state index contributed by atoms with van der Waals surface area (Å²) >= 11 is 1.34. The van der Waals surface area contributed by atoms with Crippen molar-refractivity contribution in [3.8, 4) is 11.5 Å². The number of fused-ring (bicyclic) bond motifs is 1. The number of carbonyl (C=O) groups is 1. The van der Waals surface area contributed by atoms with E-state index in [-0.39, 0.29) is 11.7 Å². The number of amides is 1. The first-order valence-electron chi connectivity index (χ1n) is 7.66. The summed E-state index contributed by atoms with van der Waals surface area (Å²) in [6.45, 7) is 0.325. The molecule has 0 spiro atoms. The molecule has 1 aromatic carbocycles. The Morgan fingerprint density at radius 2 is 2.12 bits per heavy atom. The first-order valence-corrected chi connectivity index (χ1v) is 8.47. The highest BCUT2D eigenvalue weighted by Gasteiger charge is 2.13. The van der Waals surface area contributed by atoms with Crippen LogP contribution in [0.3, 0.4) is 0 Å². The molecule has 4 nitrogen and oxygen atoms in total. The van der Waals surface area contributed by atoms with E-state index in [0.29, 0.717) is 22.9 Å². The van der Waals surface area contributed by atoms with E-state index in [4.69, 9.17) is 4.42 Å². The van der Waals surface area contributed by atoms with Crippen molar-refractivity contribution in [2.75, 3.05) is 0 Å². The number of hydrogen-bond donors (Lipinski definition) is 1.